The smallest absolute Gasteiger partial charge is 0.420 e. The van der Waals surface area contributed by atoms with Crippen molar-refractivity contribution in [2.75, 3.05) is 49.8 Å². The van der Waals surface area contributed by atoms with Crippen molar-refractivity contribution < 1.29 is 36.6 Å². The summed E-state index contributed by atoms with van der Waals surface area (Å²) >= 11 is 0. The zero-order valence-electron chi connectivity index (χ0n) is 19.1. The highest BCUT2D eigenvalue weighted by Crippen LogP contribution is 2.43. The van der Waals surface area contributed by atoms with Crippen LogP contribution in [-0.2, 0) is 12.7 Å². The molecule has 1 aromatic heterocycles. The van der Waals surface area contributed by atoms with Gasteiger partial charge in [-0.3, -0.25) is 4.79 Å². The molecule has 2 aromatic carbocycles. The number of hydrogen-bond donors (Lipinski definition) is 1. The predicted molar refractivity (Wildman–Crippen MR) is 124 cm³/mol. The molecule has 0 radical (unpaired) electrons. The van der Waals surface area contributed by atoms with Crippen molar-refractivity contribution in [1.29, 1.82) is 0 Å². The number of pyridine rings is 1. The Bertz CT molecular complexity index is 1360. The number of carbonyl (C=O) groups is 1. The summed E-state index contributed by atoms with van der Waals surface area (Å²) in [7, 11) is 1.50. The number of ether oxygens (including phenoxy) is 1. The summed E-state index contributed by atoms with van der Waals surface area (Å²) in [6, 6.07) is 7.75. The molecule has 1 aliphatic rings. The molecule has 0 saturated carbocycles. The van der Waals surface area contributed by atoms with Crippen LogP contribution < -0.4 is 20.0 Å². The van der Waals surface area contributed by atoms with Gasteiger partial charge < -0.3 is 24.2 Å². The molecule has 0 atom stereocenters. The van der Waals surface area contributed by atoms with Crippen molar-refractivity contribution >= 4 is 28.2 Å². The van der Waals surface area contributed by atoms with Gasteiger partial charge in [0.05, 0.1) is 35.9 Å². The third-order valence-corrected chi connectivity index (χ3v) is 6.15. The molecule has 1 fully saturated rings. The highest BCUT2D eigenvalue weighted by Gasteiger charge is 2.41. The Balaban J connectivity index is 1.86. The number of nitrogens with zero attached hydrogens (tertiary/aromatic N) is 3. The molecule has 0 unspecified atom stereocenters. The second-order valence-corrected chi connectivity index (χ2v) is 8.18. The van der Waals surface area contributed by atoms with Crippen LogP contribution in [0, 0.1) is 5.82 Å². The standard InChI is InChI=1S/C24H22F5N3O4/c1-36-18-5-3-2-4-17(18)30-8-10-31(11-9-30)21-16(26)12-14-20(19(21)24(27,28)29)32(7-6-25)13-15(22(14)33)23(34)35/h2-5,12-13H,6-11H2,1H3,(H,34,35). The van der Waals surface area contributed by atoms with Crippen molar-refractivity contribution in [2.24, 2.45) is 0 Å². The molecule has 0 aliphatic carbocycles. The number of para-hydroxylation sites is 2. The normalized spacial score (nSPS) is 14.4. The van der Waals surface area contributed by atoms with Crippen molar-refractivity contribution in [1.82, 2.24) is 4.57 Å². The Morgan fingerprint density at radius 2 is 1.75 bits per heavy atom. The number of alkyl halides is 4. The average Bonchev–Trinajstić information content (AvgIpc) is 2.84. The van der Waals surface area contributed by atoms with E-state index in [1.54, 1.807) is 18.2 Å². The second-order valence-electron chi connectivity index (χ2n) is 8.18. The number of aromatic carboxylic acids is 1. The van der Waals surface area contributed by atoms with Gasteiger partial charge in [0.25, 0.3) is 0 Å². The summed E-state index contributed by atoms with van der Waals surface area (Å²) < 4.78 is 77.9. The van der Waals surface area contributed by atoms with E-state index in [9.17, 15) is 32.3 Å². The highest BCUT2D eigenvalue weighted by molar-refractivity contribution is 5.95. The Morgan fingerprint density at radius 3 is 2.33 bits per heavy atom. The summed E-state index contributed by atoms with van der Waals surface area (Å²) in [5.74, 6) is -2.43. The van der Waals surface area contributed by atoms with Gasteiger partial charge in [-0.05, 0) is 18.2 Å². The SMILES string of the molecule is COc1ccccc1N1CCN(c2c(F)cc3c(=O)c(C(=O)O)cn(CCF)c3c2C(F)(F)F)CC1. The maximum absolute atomic E-state index is 15.3. The lowest BCUT2D eigenvalue weighted by Crippen LogP contribution is -2.47. The largest absolute Gasteiger partial charge is 0.495 e. The lowest BCUT2D eigenvalue weighted by atomic mass is 10.0. The summed E-state index contributed by atoms with van der Waals surface area (Å²) in [4.78, 5) is 27.2. The number of benzene rings is 2. The van der Waals surface area contributed by atoms with E-state index in [0.29, 0.717) is 18.0 Å². The van der Waals surface area contributed by atoms with E-state index < -0.39 is 64.3 Å². The first-order chi connectivity index (χ1) is 17.1. The minimum atomic E-state index is -5.12. The van der Waals surface area contributed by atoms with Crippen LogP contribution in [0.4, 0.5) is 33.3 Å². The fourth-order valence-corrected chi connectivity index (χ4v) is 4.58. The van der Waals surface area contributed by atoms with Crippen molar-refractivity contribution in [3.8, 4) is 5.75 Å². The van der Waals surface area contributed by atoms with Crippen LogP contribution in [0.15, 0.2) is 41.3 Å². The van der Waals surface area contributed by atoms with Gasteiger partial charge in [0.2, 0.25) is 5.43 Å². The number of aromatic nitrogens is 1. The summed E-state index contributed by atoms with van der Waals surface area (Å²) in [5.41, 5.74) is -4.35. The first-order valence-electron chi connectivity index (χ1n) is 11.0. The zero-order valence-corrected chi connectivity index (χ0v) is 19.1. The molecule has 0 amide bonds. The van der Waals surface area contributed by atoms with Gasteiger partial charge in [0, 0.05) is 32.4 Å². The molecule has 12 heteroatoms. The van der Waals surface area contributed by atoms with Crippen LogP contribution in [0.2, 0.25) is 0 Å². The quantitative estimate of drug-likeness (QED) is 0.501. The van der Waals surface area contributed by atoms with E-state index >= 15 is 4.39 Å². The average molecular weight is 511 g/mol. The predicted octanol–water partition coefficient (Wildman–Crippen LogP) is 4.16. The molecular formula is C24H22F5N3O4. The first-order valence-corrected chi connectivity index (χ1v) is 11.0. The minimum Gasteiger partial charge on any atom is -0.495 e. The molecular weight excluding hydrogens is 489 g/mol. The Kier molecular flexibility index (Phi) is 6.79. The lowest BCUT2D eigenvalue weighted by molar-refractivity contribution is -0.136. The number of rotatable bonds is 6. The molecule has 0 bridgehead atoms. The molecule has 7 nitrogen and oxygen atoms in total. The van der Waals surface area contributed by atoms with Gasteiger partial charge in [0.1, 0.15) is 29.4 Å². The molecule has 2 heterocycles. The Labute approximate surface area is 201 Å². The molecule has 192 valence electrons. The number of methoxy groups -OCH3 is 1. The van der Waals surface area contributed by atoms with Crippen LogP contribution in [0.5, 0.6) is 5.75 Å². The van der Waals surface area contributed by atoms with Gasteiger partial charge in [-0.2, -0.15) is 13.2 Å². The van der Waals surface area contributed by atoms with Gasteiger partial charge in [-0.1, -0.05) is 12.1 Å². The van der Waals surface area contributed by atoms with Crippen LogP contribution >= 0.6 is 0 Å². The van der Waals surface area contributed by atoms with Crippen molar-refractivity contribution in [3.63, 3.8) is 0 Å². The number of carboxylic acids is 1. The number of aryl methyl sites for hydroxylation is 1. The molecule has 3 aromatic rings. The fraction of sp³-hybridized carbons (Fsp3) is 0.333. The Hall–Kier alpha value is -3.83. The van der Waals surface area contributed by atoms with E-state index in [1.165, 1.54) is 12.0 Å². The zero-order chi connectivity index (χ0) is 26.2. The van der Waals surface area contributed by atoms with Crippen molar-refractivity contribution in [2.45, 2.75) is 12.7 Å². The number of piperazine rings is 1. The summed E-state index contributed by atoms with van der Waals surface area (Å²) in [5, 5.41) is 8.51. The number of hydrogen-bond acceptors (Lipinski definition) is 5. The van der Waals surface area contributed by atoms with E-state index in [-0.39, 0.29) is 26.2 Å². The Morgan fingerprint density at radius 1 is 1.11 bits per heavy atom. The monoisotopic (exact) mass is 511 g/mol. The molecule has 1 N–H and O–H groups in total. The van der Waals surface area contributed by atoms with Crippen LogP contribution in [0.25, 0.3) is 10.9 Å². The third kappa shape index (κ3) is 4.42. The van der Waals surface area contributed by atoms with Crippen LogP contribution in [0.1, 0.15) is 15.9 Å². The fourth-order valence-electron chi connectivity index (χ4n) is 4.58. The van der Waals surface area contributed by atoms with Gasteiger partial charge in [-0.25, -0.2) is 13.6 Å². The van der Waals surface area contributed by atoms with Gasteiger partial charge in [0.15, 0.2) is 0 Å². The van der Waals surface area contributed by atoms with Crippen LogP contribution in [-0.4, -0.2) is 55.6 Å². The minimum absolute atomic E-state index is 0.0180. The van der Waals surface area contributed by atoms with Crippen molar-refractivity contribution in [3.05, 3.63) is 63.7 Å². The molecule has 4 rings (SSSR count). The first kappa shape index (κ1) is 25.3. The van der Waals surface area contributed by atoms with Gasteiger partial charge in [-0.15, -0.1) is 0 Å². The molecule has 36 heavy (non-hydrogen) atoms. The number of carboxylic acid groups (broad SMARTS) is 1. The topological polar surface area (TPSA) is 75.0 Å². The highest BCUT2D eigenvalue weighted by atomic mass is 19.4. The summed E-state index contributed by atoms with van der Waals surface area (Å²) in [6.45, 7) is -1.23. The molecule has 1 aliphatic heterocycles. The number of halogens is 5. The van der Waals surface area contributed by atoms with E-state index in [0.717, 1.165) is 10.3 Å². The lowest BCUT2D eigenvalue weighted by Gasteiger charge is -2.39. The molecule has 0 spiro atoms. The van der Waals surface area contributed by atoms with E-state index in [2.05, 4.69) is 0 Å². The van der Waals surface area contributed by atoms with E-state index in [4.69, 9.17) is 4.74 Å². The maximum atomic E-state index is 15.3. The molecule has 1 saturated heterocycles. The maximum Gasteiger partial charge on any atom is 0.420 e. The third-order valence-electron chi connectivity index (χ3n) is 6.15. The number of anilines is 2. The second kappa shape index (κ2) is 9.67. The number of fused-ring (bicyclic) bond motifs is 1. The van der Waals surface area contributed by atoms with E-state index in [1.807, 2.05) is 11.0 Å². The summed E-state index contributed by atoms with van der Waals surface area (Å²) in [6.07, 6.45) is -4.45. The van der Waals surface area contributed by atoms with Crippen LogP contribution in [0.3, 0.4) is 0 Å². The van der Waals surface area contributed by atoms with Gasteiger partial charge >= 0.3 is 12.1 Å².